The van der Waals surface area contributed by atoms with E-state index in [1.165, 1.54) is 0 Å². The van der Waals surface area contributed by atoms with E-state index < -0.39 is 17.1 Å². The molecule has 0 bridgehead atoms. The minimum atomic E-state index is -0.489. The van der Waals surface area contributed by atoms with Crippen molar-refractivity contribution in [1.82, 2.24) is 4.90 Å². The maximum Gasteiger partial charge on any atom is 0.294 e. The Morgan fingerprint density at radius 1 is 1.03 bits per heavy atom. The van der Waals surface area contributed by atoms with Crippen LogP contribution in [-0.4, -0.2) is 28.5 Å². The Labute approximate surface area is 219 Å². The fraction of sp³-hybridized carbons (Fsp3) is 0.179. The predicted molar refractivity (Wildman–Crippen MR) is 144 cm³/mol. The largest absolute Gasteiger partial charge is 0.489 e. The lowest BCUT2D eigenvalue weighted by molar-refractivity contribution is -0.127. The van der Waals surface area contributed by atoms with Crippen molar-refractivity contribution in [3.05, 3.63) is 98.4 Å². The van der Waals surface area contributed by atoms with Gasteiger partial charge in [0, 0.05) is 16.3 Å². The molecule has 1 saturated heterocycles. The van der Waals surface area contributed by atoms with Crippen molar-refractivity contribution in [2.45, 2.75) is 27.4 Å². The molecule has 0 aromatic heterocycles. The zero-order valence-corrected chi connectivity index (χ0v) is 21.7. The van der Waals surface area contributed by atoms with Gasteiger partial charge in [-0.05, 0) is 73.5 Å². The number of hydrogen-bond acceptors (Lipinski definition) is 5. The van der Waals surface area contributed by atoms with Crippen LogP contribution < -0.4 is 10.1 Å². The van der Waals surface area contributed by atoms with Crippen molar-refractivity contribution < 1.29 is 19.1 Å². The highest BCUT2D eigenvalue weighted by molar-refractivity contribution is 8.18. The minimum absolute atomic E-state index is 0.264. The van der Waals surface area contributed by atoms with E-state index in [1.54, 1.807) is 30.3 Å². The van der Waals surface area contributed by atoms with Crippen LogP contribution in [0.25, 0.3) is 6.08 Å². The number of anilines is 1. The summed E-state index contributed by atoms with van der Waals surface area (Å²) >= 11 is 6.98. The van der Waals surface area contributed by atoms with Gasteiger partial charge in [0.15, 0.2) is 0 Å². The fourth-order valence-electron chi connectivity index (χ4n) is 3.92. The van der Waals surface area contributed by atoms with E-state index in [0.29, 0.717) is 23.1 Å². The molecule has 3 aromatic carbocycles. The van der Waals surface area contributed by atoms with Gasteiger partial charge >= 0.3 is 0 Å². The second kappa shape index (κ2) is 11.0. The maximum absolute atomic E-state index is 12.8. The third-order valence-electron chi connectivity index (χ3n) is 5.65. The first-order valence-corrected chi connectivity index (χ1v) is 12.5. The van der Waals surface area contributed by atoms with E-state index >= 15 is 0 Å². The van der Waals surface area contributed by atoms with Crippen LogP contribution in [0.3, 0.4) is 0 Å². The van der Waals surface area contributed by atoms with Crippen LogP contribution in [0.5, 0.6) is 5.75 Å². The lowest BCUT2D eigenvalue weighted by Crippen LogP contribution is -2.36. The molecule has 1 fully saturated rings. The molecule has 0 aliphatic carbocycles. The molecule has 0 spiro atoms. The van der Waals surface area contributed by atoms with Crippen molar-refractivity contribution in [2.75, 3.05) is 11.9 Å². The number of carbonyl (C=O) groups excluding carboxylic acids is 3. The van der Waals surface area contributed by atoms with Gasteiger partial charge in [0.2, 0.25) is 5.91 Å². The monoisotopic (exact) mass is 520 g/mol. The minimum Gasteiger partial charge on any atom is -0.489 e. The van der Waals surface area contributed by atoms with Crippen molar-refractivity contribution in [3.63, 3.8) is 0 Å². The lowest BCUT2D eigenvalue weighted by Gasteiger charge is -2.15. The summed E-state index contributed by atoms with van der Waals surface area (Å²) in [6, 6.07) is 18.6. The zero-order valence-electron chi connectivity index (χ0n) is 20.1. The molecule has 3 amide bonds. The van der Waals surface area contributed by atoms with Crippen LogP contribution in [0.15, 0.2) is 65.6 Å². The molecule has 4 rings (SSSR count). The second-order valence-electron chi connectivity index (χ2n) is 8.54. The molecule has 0 saturated carbocycles. The smallest absolute Gasteiger partial charge is 0.294 e. The average Bonchev–Trinajstić information content (AvgIpc) is 3.09. The Bertz CT molecular complexity index is 1350. The molecule has 36 heavy (non-hydrogen) atoms. The number of carbonyl (C=O) groups is 3. The number of benzene rings is 3. The third-order valence-corrected chi connectivity index (χ3v) is 6.92. The molecule has 0 radical (unpaired) electrons. The van der Waals surface area contributed by atoms with Crippen LogP contribution in [0.4, 0.5) is 10.5 Å². The molecule has 3 aromatic rings. The highest BCUT2D eigenvalue weighted by Gasteiger charge is 2.36. The van der Waals surface area contributed by atoms with Crippen LogP contribution in [0.2, 0.25) is 5.02 Å². The summed E-state index contributed by atoms with van der Waals surface area (Å²) in [7, 11) is 0. The number of amides is 3. The highest BCUT2D eigenvalue weighted by atomic mass is 35.5. The van der Waals surface area contributed by atoms with Gasteiger partial charge in [-0.1, -0.05) is 59.6 Å². The van der Waals surface area contributed by atoms with E-state index in [1.807, 2.05) is 57.2 Å². The number of rotatable bonds is 7. The summed E-state index contributed by atoms with van der Waals surface area (Å²) in [5.74, 6) is -0.260. The number of aryl methyl sites for hydroxylation is 3. The Morgan fingerprint density at radius 3 is 2.36 bits per heavy atom. The van der Waals surface area contributed by atoms with E-state index in [-0.39, 0.29) is 11.4 Å². The van der Waals surface area contributed by atoms with Gasteiger partial charge in [-0.2, -0.15) is 0 Å². The van der Waals surface area contributed by atoms with Gasteiger partial charge in [0.1, 0.15) is 18.9 Å². The molecule has 1 N–H and O–H groups in total. The summed E-state index contributed by atoms with van der Waals surface area (Å²) in [5, 5.41) is 3.00. The molecule has 184 valence electrons. The van der Waals surface area contributed by atoms with Gasteiger partial charge in [0.25, 0.3) is 11.1 Å². The molecule has 1 heterocycles. The quantitative estimate of drug-likeness (QED) is 0.359. The maximum atomic E-state index is 12.8. The highest BCUT2D eigenvalue weighted by Crippen LogP contribution is 2.32. The first kappa shape index (κ1) is 25.5. The fourth-order valence-corrected chi connectivity index (χ4v) is 4.95. The van der Waals surface area contributed by atoms with Gasteiger partial charge in [-0.3, -0.25) is 19.3 Å². The molecular formula is C28H25ClN2O4S. The number of nitrogens with zero attached hydrogens (tertiary/aromatic N) is 1. The van der Waals surface area contributed by atoms with Gasteiger partial charge in [0.05, 0.1) is 4.91 Å². The molecule has 0 atom stereocenters. The van der Waals surface area contributed by atoms with E-state index in [4.69, 9.17) is 16.3 Å². The zero-order chi connectivity index (χ0) is 25.8. The van der Waals surface area contributed by atoms with E-state index in [9.17, 15) is 14.4 Å². The number of imide groups is 1. The summed E-state index contributed by atoms with van der Waals surface area (Å²) in [6.45, 7) is 5.79. The normalized spacial score (nSPS) is 14.4. The Balaban J connectivity index is 1.38. The molecule has 0 unspecified atom stereocenters. The first-order chi connectivity index (χ1) is 17.2. The number of nitrogens with one attached hydrogen (secondary N) is 1. The van der Waals surface area contributed by atoms with Gasteiger partial charge in [-0.25, -0.2) is 0 Å². The van der Waals surface area contributed by atoms with Gasteiger partial charge in [-0.15, -0.1) is 0 Å². The van der Waals surface area contributed by atoms with Crippen LogP contribution >= 0.6 is 23.4 Å². The SMILES string of the molecule is Cc1cc(C)c(NC(=O)CN2C(=O)S/C(=C/c3ccc(OCc4ccccc4Cl)cc3)C2=O)c(C)c1. The van der Waals surface area contributed by atoms with Crippen molar-refractivity contribution in [2.24, 2.45) is 0 Å². The average molecular weight is 521 g/mol. The Hall–Kier alpha value is -3.55. The summed E-state index contributed by atoms with van der Waals surface area (Å²) < 4.78 is 5.78. The van der Waals surface area contributed by atoms with Gasteiger partial charge < -0.3 is 10.1 Å². The summed E-state index contributed by atoms with van der Waals surface area (Å²) in [4.78, 5) is 39.2. The van der Waals surface area contributed by atoms with Crippen LogP contribution in [0.1, 0.15) is 27.8 Å². The van der Waals surface area contributed by atoms with E-state index in [0.717, 1.165) is 44.5 Å². The molecule has 1 aliphatic heterocycles. The lowest BCUT2D eigenvalue weighted by atomic mass is 10.1. The van der Waals surface area contributed by atoms with E-state index in [2.05, 4.69) is 5.32 Å². The summed E-state index contributed by atoms with van der Waals surface area (Å²) in [5.41, 5.74) is 5.27. The predicted octanol–water partition coefficient (Wildman–Crippen LogP) is 6.52. The summed E-state index contributed by atoms with van der Waals surface area (Å²) in [6.07, 6.45) is 1.63. The third kappa shape index (κ3) is 5.98. The number of thioether (sulfide) groups is 1. The standard InChI is InChI=1S/C28H25ClN2O4S/c1-17-12-18(2)26(19(3)13-17)30-25(32)15-31-27(33)24(36-28(31)34)14-20-8-10-22(11-9-20)35-16-21-6-4-5-7-23(21)29/h4-14H,15-16H2,1-3H3,(H,30,32)/b24-14+. The molecular weight excluding hydrogens is 496 g/mol. The Morgan fingerprint density at radius 2 is 1.69 bits per heavy atom. The molecule has 6 nitrogen and oxygen atoms in total. The topological polar surface area (TPSA) is 75.7 Å². The van der Waals surface area contributed by atoms with Crippen LogP contribution in [-0.2, 0) is 16.2 Å². The Kier molecular flexibility index (Phi) is 7.82. The number of ether oxygens (including phenoxy) is 1. The number of hydrogen-bond donors (Lipinski definition) is 1. The van der Waals surface area contributed by atoms with Crippen molar-refractivity contribution in [1.29, 1.82) is 0 Å². The van der Waals surface area contributed by atoms with Crippen molar-refractivity contribution in [3.8, 4) is 5.75 Å². The molecule has 8 heteroatoms. The molecule has 1 aliphatic rings. The second-order valence-corrected chi connectivity index (χ2v) is 9.94. The van der Waals surface area contributed by atoms with Crippen molar-refractivity contribution >= 4 is 52.2 Å². The first-order valence-electron chi connectivity index (χ1n) is 11.3. The van der Waals surface area contributed by atoms with Crippen LogP contribution in [0, 0.1) is 20.8 Å². The number of halogens is 1.